The number of nitrogens with zero attached hydrogens (tertiary/aromatic N) is 5. The van der Waals surface area contributed by atoms with Crippen molar-refractivity contribution in [2.24, 2.45) is 0 Å². The van der Waals surface area contributed by atoms with E-state index in [0.717, 1.165) is 16.8 Å². The van der Waals surface area contributed by atoms with Crippen LogP contribution in [-0.2, 0) is 0 Å². The van der Waals surface area contributed by atoms with Crippen molar-refractivity contribution in [3.05, 3.63) is 59.9 Å². The van der Waals surface area contributed by atoms with Gasteiger partial charge in [0.25, 0.3) is 0 Å². The smallest absolute Gasteiger partial charge is 0.225 e. The first-order valence-corrected chi connectivity index (χ1v) is 7.29. The lowest BCUT2D eigenvalue weighted by molar-refractivity contribution is 0.916. The quantitative estimate of drug-likeness (QED) is 0.573. The number of fused-ring (bicyclic) bond motifs is 1. The lowest BCUT2D eigenvalue weighted by Crippen LogP contribution is -2.05. The van der Waals surface area contributed by atoms with Crippen LogP contribution < -0.4 is 5.73 Å². The van der Waals surface area contributed by atoms with Crippen LogP contribution in [0.5, 0.6) is 0 Å². The molecule has 0 unspecified atom stereocenters. The minimum absolute atomic E-state index is 0.264. The summed E-state index contributed by atoms with van der Waals surface area (Å²) in [6, 6.07) is 15.2. The predicted octanol–water partition coefficient (Wildman–Crippen LogP) is 3.09. The van der Waals surface area contributed by atoms with Crippen LogP contribution in [0.3, 0.4) is 0 Å². The number of aromatic nitrogens is 5. The molecule has 4 rings (SSSR count). The van der Waals surface area contributed by atoms with Crippen LogP contribution in [0.15, 0.2) is 54.7 Å². The Bertz CT molecular complexity index is 996. The third kappa shape index (κ3) is 2.49. The Balaban J connectivity index is 1.88. The average Bonchev–Trinajstić information content (AvgIpc) is 3.00. The first-order valence-electron chi connectivity index (χ1n) is 6.91. The molecule has 112 valence electrons. The first-order chi connectivity index (χ1) is 11.2. The van der Waals surface area contributed by atoms with Gasteiger partial charge in [-0.1, -0.05) is 41.9 Å². The number of nitrogens with two attached hydrogens (primary N) is 1. The molecule has 3 heterocycles. The van der Waals surface area contributed by atoms with E-state index in [9.17, 15) is 0 Å². The van der Waals surface area contributed by atoms with E-state index in [1.54, 1.807) is 18.3 Å². The highest BCUT2D eigenvalue weighted by atomic mass is 35.5. The van der Waals surface area contributed by atoms with Gasteiger partial charge in [0.1, 0.15) is 5.15 Å². The second kappa shape index (κ2) is 5.33. The molecule has 6 nitrogen and oxygen atoms in total. The lowest BCUT2D eigenvalue weighted by atomic mass is 10.2. The maximum absolute atomic E-state index is 6.02. The van der Waals surface area contributed by atoms with E-state index in [0.29, 0.717) is 16.6 Å². The molecule has 0 fully saturated rings. The molecular weight excluding hydrogens is 312 g/mol. The number of hydrogen-bond acceptors (Lipinski definition) is 5. The topological polar surface area (TPSA) is 82.0 Å². The van der Waals surface area contributed by atoms with Crippen LogP contribution >= 0.6 is 11.6 Å². The zero-order chi connectivity index (χ0) is 15.8. The number of hydrogen-bond donors (Lipinski definition) is 1. The van der Waals surface area contributed by atoms with Gasteiger partial charge in [0, 0.05) is 23.4 Å². The molecule has 1 aromatic carbocycles. The summed E-state index contributed by atoms with van der Waals surface area (Å²) in [6.45, 7) is 0. The van der Waals surface area contributed by atoms with Crippen molar-refractivity contribution in [1.29, 1.82) is 0 Å². The van der Waals surface area contributed by atoms with Crippen molar-refractivity contribution >= 4 is 23.2 Å². The Morgan fingerprint density at radius 2 is 1.78 bits per heavy atom. The monoisotopic (exact) mass is 322 g/mol. The highest BCUT2D eigenvalue weighted by molar-refractivity contribution is 6.29. The van der Waals surface area contributed by atoms with Crippen molar-refractivity contribution in [3.8, 4) is 22.6 Å². The molecule has 7 heteroatoms. The van der Waals surface area contributed by atoms with Crippen molar-refractivity contribution in [2.45, 2.75) is 0 Å². The second-order valence-corrected chi connectivity index (χ2v) is 5.33. The van der Waals surface area contributed by atoms with Gasteiger partial charge >= 0.3 is 0 Å². The van der Waals surface area contributed by atoms with Crippen LogP contribution in [-0.4, -0.2) is 24.6 Å². The van der Waals surface area contributed by atoms with E-state index in [1.807, 2.05) is 36.4 Å². The molecule has 0 saturated carbocycles. The molecule has 0 saturated heterocycles. The number of pyridine rings is 1. The number of halogens is 1. The fourth-order valence-corrected chi connectivity index (χ4v) is 2.50. The summed E-state index contributed by atoms with van der Waals surface area (Å²) < 4.78 is 1.52. The summed E-state index contributed by atoms with van der Waals surface area (Å²) in [6.07, 6.45) is 1.60. The van der Waals surface area contributed by atoms with Crippen molar-refractivity contribution in [3.63, 3.8) is 0 Å². The standard InChI is InChI=1S/C16H11ClN6/c17-13-8-11(6-7-19-13)15-20-14-9-12(10-4-2-1-3-5-10)22-23(14)16(18)21-15/h1-9H,(H2,18,20,21). The molecule has 2 N–H and O–H groups in total. The predicted molar refractivity (Wildman–Crippen MR) is 88.9 cm³/mol. The van der Waals surface area contributed by atoms with Gasteiger partial charge in [-0.25, -0.2) is 9.97 Å². The maximum Gasteiger partial charge on any atom is 0.225 e. The number of benzene rings is 1. The number of nitrogen functional groups attached to an aromatic ring is 1. The first kappa shape index (κ1) is 13.7. The van der Waals surface area contributed by atoms with E-state index in [-0.39, 0.29) is 5.95 Å². The van der Waals surface area contributed by atoms with E-state index in [2.05, 4.69) is 20.1 Å². The van der Waals surface area contributed by atoms with Gasteiger partial charge in [-0.15, -0.1) is 0 Å². The zero-order valence-electron chi connectivity index (χ0n) is 11.9. The molecule has 0 bridgehead atoms. The summed E-state index contributed by atoms with van der Waals surface area (Å²) in [5.74, 6) is 0.749. The van der Waals surface area contributed by atoms with Gasteiger partial charge in [-0.05, 0) is 12.1 Å². The summed E-state index contributed by atoms with van der Waals surface area (Å²) in [4.78, 5) is 12.8. The van der Waals surface area contributed by atoms with E-state index in [4.69, 9.17) is 17.3 Å². The SMILES string of the molecule is Nc1nc(-c2ccnc(Cl)c2)nc2cc(-c3ccccc3)nn12. The van der Waals surface area contributed by atoms with Gasteiger partial charge in [0.05, 0.1) is 5.69 Å². The van der Waals surface area contributed by atoms with Crippen molar-refractivity contribution in [2.75, 3.05) is 5.73 Å². The third-order valence-electron chi connectivity index (χ3n) is 3.40. The van der Waals surface area contributed by atoms with E-state index < -0.39 is 0 Å². The summed E-state index contributed by atoms with van der Waals surface area (Å²) in [5.41, 5.74) is 9.18. The van der Waals surface area contributed by atoms with Crippen LogP contribution in [0.2, 0.25) is 5.15 Å². The average molecular weight is 323 g/mol. The Labute approximate surface area is 136 Å². The van der Waals surface area contributed by atoms with E-state index in [1.165, 1.54) is 4.52 Å². The van der Waals surface area contributed by atoms with Gasteiger partial charge in [-0.2, -0.15) is 14.6 Å². The molecule has 0 aliphatic carbocycles. The summed E-state index contributed by atoms with van der Waals surface area (Å²) >= 11 is 5.92. The van der Waals surface area contributed by atoms with Gasteiger partial charge in [-0.3, -0.25) is 0 Å². The van der Waals surface area contributed by atoms with Crippen LogP contribution in [0.25, 0.3) is 28.3 Å². The van der Waals surface area contributed by atoms with Gasteiger partial charge in [0.15, 0.2) is 11.5 Å². The Morgan fingerprint density at radius 3 is 2.57 bits per heavy atom. The summed E-state index contributed by atoms with van der Waals surface area (Å²) in [5, 5.41) is 4.84. The number of anilines is 1. The minimum Gasteiger partial charge on any atom is -0.368 e. The highest BCUT2D eigenvalue weighted by Crippen LogP contribution is 2.23. The molecule has 0 atom stereocenters. The molecule has 0 spiro atoms. The Kier molecular flexibility index (Phi) is 3.17. The van der Waals surface area contributed by atoms with Crippen molar-refractivity contribution in [1.82, 2.24) is 24.6 Å². The molecule has 0 aliphatic heterocycles. The molecule has 23 heavy (non-hydrogen) atoms. The molecule has 0 amide bonds. The Hall–Kier alpha value is -2.99. The lowest BCUT2D eigenvalue weighted by Gasteiger charge is -2.03. The van der Waals surface area contributed by atoms with Crippen LogP contribution in [0, 0.1) is 0 Å². The molecule has 0 aliphatic rings. The second-order valence-electron chi connectivity index (χ2n) is 4.94. The van der Waals surface area contributed by atoms with Gasteiger partial charge in [0.2, 0.25) is 5.95 Å². The van der Waals surface area contributed by atoms with Gasteiger partial charge < -0.3 is 5.73 Å². The van der Waals surface area contributed by atoms with E-state index >= 15 is 0 Å². The largest absolute Gasteiger partial charge is 0.368 e. The Morgan fingerprint density at radius 1 is 0.957 bits per heavy atom. The maximum atomic E-state index is 6.02. The zero-order valence-corrected chi connectivity index (χ0v) is 12.6. The fourth-order valence-electron chi connectivity index (χ4n) is 2.33. The minimum atomic E-state index is 0.264. The van der Waals surface area contributed by atoms with Crippen LogP contribution in [0.1, 0.15) is 0 Å². The summed E-state index contributed by atoms with van der Waals surface area (Å²) in [7, 11) is 0. The molecular formula is C16H11ClN6. The normalized spacial score (nSPS) is 11.0. The highest BCUT2D eigenvalue weighted by Gasteiger charge is 2.11. The molecule has 0 radical (unpaired) electrons. The molecule has 3 aromatic heterocycles. The third-order valence-corrected chi connectivity index (χ3v) is 3.61. The number of rotatable bonds is 2. The van der Waals surface area contributed by atoms with Crippen LogP contribution in [0.4, 0.5) is 5.95 Å². The van der Waals surface area contributed by atoms with Crippen molar-refractivity contribution < 1.29 is 0 Å². The molecule has 4 aromatic rings. The fraction of sp³-hybridized carbons (Fsp3) is 0.